The fourth-order valence-electron chi connectivity index (χ4n) is 2.52. The lowest BCUT2D eigenvalue weighted by molar-refractivity contribution is -0.121. The van der Waals surface area contributed by atoms with E-state index in [-0.39, 0.29) is 12.5 Å². The topological polar surface area (TPSA) is 68.2 Å². The van der Waals surface area contributed by atoms with Crippen LogP contribution >= 0.6 is 0 Å². The molecule has 0 unspecified atom stereocenters. The van der Waals surface area contributed by atoms with Crippen molar-refractivity contribution in [1.29, 1.82) is 0 Å². The third kappa shape index (κ3) is 3.46. The van der Waals surface area contributed by atoms with E-state index >= 15 is 0 Å². The van der Waals surface area contributed by atoms with E-state index in [1.54, 1.807) is 6.20 Å². The van der Waals surface area contributed by atoms with Crippen molar-refractivity contribution in [3.63, 3.8) is 0 Å². The molecule has 1 aliphatic heterocycles. The smallest absolute Gasteiger partial charge is 0.250 e. The molecule has 6 heteroatoms. The summed E-state index contributed by atoms with van der Waals surface area (Å²) < 4.78 is 7.27. The monoisotopic (exact) mass is 300 g/mol. The fraction of sp³-hybridized carbons (Fsp3) is 0.375. The van der Waals surface area contributed by atoms with Gasteiger partial charge in [-0.1, -0.05) is 0 Å². The quantitative estimate of drug-likeness (QED) is 0.885. The zero-order valence-electron chi connectivity index (χ0n) is 12.6. The number of nitrogens with zero attached hydrogens (tertiary/aromatic N) is 2. The molecule has 0 aliphatic carbocycles. The Bertz CT molecular complexity index is 666. The molecule has 2 aromatic rings. The summed E-state index contributed by atoms with van der Waals surface area (Å²) in [6.07, 6.45) is 5.72. The van der Waals surface area contributed by atoms with Crippen LogP contribution in [0.4, 0.5) is 11.4 Å². The number of aromatic nitrogens is 2. The molecular formula is C16H20N4O2. The van der Waals surface area contributed by atoms with Gasteiger partial charge in [0.15, 0.2) is 0 Å². The lowest BCUT2D eigenvalue weighted by atomic mass is 10.0. The first-order valence-corrected chi connectivity index (χ1v) is 7.43. The Labute approximate surface area is 129 Å². The molecule has 0 saturated heterocycles. The Hall–Kier alpha value is -2.34. The van der Waals surface area contributed by atoms with E-state index in [4.69, 9.17) is 4.74 Å². The van der Waals surface area contributed by atoms with Crippen LogP contribution in [-0.2, 0) is 29.6 Å². The maximum atomic E-state index is 11.9. The van der Waals surface area contributed by atoms with Crippen LogP contribution in [0.1, 0.15) is 17.8 Å². The van der Waals surface area contributed by atoms with Gasteiger partial charge in [0, 0.05) is 37.4 Å². The van der Waals surface area contributed by atoms with Crippen LogP contribution in [0.25, 0.3) is 0 Å². The van der Waals surface area contributed by atoms with Gasteiger partial charge in [-0.3, -0.25) is 4.79 Å². The third-order valence-electron chi connectivity index (χ3n) is 3.71. The Morgan fingerprint density at radius 1 is 1.50 bits per heavy atom. The van der Waals surface area contributed by atoms with Crippen molar-refractivity contribution in [3.05, 3.63) is 42.0 Å². The van der Waals surface area contributed by atoms with Crippen molar-refractivity contribution in [1.82, 2.24) is 9.55 Å². The normalized spacial score (nSPS) is 13.3. The highest BCUT2D eigenvalue weighted by atomic mass is 16.5. The second-order valence-electron chi connectivity index (χ2n) is 5.40. The van der Waals surface area contributed by atoms with E-state index in [9.17, 15) is 4.79 Å². The summed E-state index contributed by atoms with van der Waals surface area (Å²) in [6, 6.07) is 5.95. The SMILES string of the molecule is Cn1ccnc1COCC(=O)Nc1ccc2c(c1)CCCN2. The number of imidazole rings is 1. The predicted molar refractivity (Wildman–Crippen MR) is 84.7 cm³/mol. The lowest BCUT2D eigenvalue weighted by Gasteiger charge is -2.18. The molecule has 3 rings (SSSR count). The lowest BCUT2D eigenvalue weighted by Crippen LogP contribution is -2.19. The van der Waals surface area contributed by atoms with Crippen LogP contribution in [0.15, 0.2) is 30.6 Å². The number of anilines is 2. The number of rotatable bonds is 5. The Morgan fingerprint density at radius 3 is 3.23 bits per heavy atom. The van der Waals surface area contributed by atoms with Gasteiger partial charge in [0.1, 0.15) is 19.0 Å². The van der Waals surface area contributed by atoms with Gasteiger partial charge in [-0.2, -0.15) is 0 Å². The number of benzene rings is 1. The van der Waals surface area contributed by atoms with Gasteiger partial charge in [-0.05, 0) is 36.6 Å². The van der Waals surface area contributed by atoms with Crippen molar-refractivity contribution in [2.75, 3.05) is 23.8 Å². The molecule has 22 heavy (non-hydrogen) atoms. The number of carbonyl (C=O) groups is 1. The standard InChI is InChI=1S/C16H20N4O2/c1-20-8-7-18-15(20)10-22-11-16(21)19-13-4-5-14-12(9-13)3-2-6-17-14/h4-5,7-9,17H,2-3,6,10-11H2,1H3,(H,19,21). The summed E-state index contributed by atoms with van der Waals surface area (Å²) in [5.41, 5.74) is 3.22. The number of carbonyl (C=O) groups excluding carboxylic acids is 1. The third-order valence-corrected chi connectivity index (χ3v) is 3.71. The second-order valence-corrected chi connectivity index (χ2v) is 5.40. The average Bonchev–Trinajstić information content (AvgIpc) is 2.92. The number of amides is 1. The molecule has 0 bridgehead atoms. The summed E-state index contributed by atoms with van der Waals surface area (Å²) in [4.78, 5) is 16.1. The number of fused-ring (bicyclic) bond motifs is 1. The predicted octanol–water partition coefficient (Wildman–Crippen LogP) is 1.93. The Kier molecular flexibility index (Phi) is 4.39. The van der Waals surface area contributed by atoms with Crippen LogP contribution in [0, 0.1) is 0 Å². The molecule has 0 radical (unpaired) electrons. The van der Waals surface area contributed by atoms with Gasteiger partial charge in [0.2, 0.25) is 5.91 Å². The molecule has 1 aromatic heterocycles. The zero-order valence-corrected chi connectivity index (χ0v) is 12.6. The molecule has 2 N–H and O–H groups in total. The van der Waals surface area contributed by atoms with Crippen molar-refractivity contribution >= 4 is 17.3 Å². The van der Waals surface area contributed by atoms with E-state index < -0.39 is 0 Å². The molecule has 1 aliphatic rings. The molecule has 0 saturated carbocycles. The van der Waals surface area contributed by atoms with Gasteiger partial charge in [-0.15, -0.1) is 0 Å². The molecular weight excluding hydrogens is 280 g/mol. The van der Waals surface area contributed by atoms with Crippen molar-refractivity contribution in [2.24, 2.45) is 7.05 Å². The summed E-state index contributed by atoms with van der Waals surface area (Å²) in [5, 5.41) is 6.22. The number of hydrogen-bond acceptors (Lipinski definition) is 4. The number of nitrogens with one attached hydrogen (secondary N) is 2. The van der Waals surface area contributed by atoms with Gasteiger partial charge in [-0.25, -0.2) is 4.98 Å². The minimum atomic E-state index is -0.155. The fourth-order valence-corrected chi connectivity index (χ4v) is 2.52. The number of aryl methyl sites for hydroxylation is 2. The van der Waals surface area contributed by atoms with Crippen molar-refractivity contribution < 1.29 is 9.53 Å². The summed E-state index contributed by atoms with van der Waals surface area (Å²) >= 11 is 0. The second kappa shape index (κ2) is 6.62. The van der Waals surface area contributed by atoms with E-state index in [0.717, 1.165) is 36.6 Å². The molecule has 0 fully saturated rings. The summed E-state index contributed by atoms with van der Waals surface area (Å²) in [6.45, 7) is 1.35. The van der Waals surface area contributed by atoms with E-state index in [1.807, 2.05) is 36.0 Å². The summed E-state index contributed by atoms with van der Waals surface area (Å²) in [7, 11) is 1.90. The molecule has 116 valence electrons. The average molecular weight is 300 g/mol. The van der Waals surface area contributed by atoms with Crippen LogP contribution in [0.2, 0.25) is 0 Å². The molecule has 1 amide bonds. The van der Waals surface area contributed by atoms with Crippen LogP contribution < -0.4 is 10.6 Å². The van der Waals surface area contributed by atoms with E-state index in [1.165, 1.54) is 5.56 Å². The molecule has 0 atom stereocenters. The molecule has 2 heterocycles. The first kappa shape index (κ1) is 14.6. The highest BCUT2D eigenvalue weighted by Gasteiger charge is 2.10. The van der Waals surface area contributed by atoms with Gasteiger partial charge < -0.3 is 19.9 Å². The zero-order chi connectivity index (χ0) is 15.4. The van der Waals surface area contributed by atoms with Crippen LogP contribution in [0.5, 0.6) is 0 Å². The van der Waals surface area contributed by atoms with Gasteiger partial charge in [0.05, 0.1) is 0 Å². The first-order valence-electron chi connectivity index (χ1n) is 7.43. The van der Waals surface area contributed by atoms with Crippen LogP contribution in [-0.4, -0.2) is 28.6 Å². The number of hydrogen-bond donors (Lipinski definition) is 2. The minimum absolute atomic E-state index is 0.0161. The Morgan fingerprint density at radius 2 is 2.41 bits per heavy atom. The highest BCUT2D eigenvalue weighted by Crippen LogP contribution is 2.25. The Balaban J connectivity index is 1.50. The van der Waals surface area contributed by atoms with Gasteiger partial charge in [0.25, 0.3) is 0 Å². The molecule has 0 spiro atoms. The van der Waals surface area contributed by atoms with E-state index in [2.05, 4.69) is 15.6 Å². The van der Waals surface area contributed by atoms with E-state index in [0.29, 0.717) is 6.61 Å². The number of ether oxygens (including phenoxy) is 1. The maximum absolute atomic E-state index is 11.9. The van der Waals surface area contributed by atoms with Crippen molar-refractivity contribution in [3.8, 4) is 0 Å². The van der Waals surface area contributed by atoms with Gasteiger partial charge >= 0.3 is 0 Å². The molecule has 6 nitrogen and oxygen atoms in total. The van der Waals surface area contributed by atoms with Crippen LogP contribution in [0.3, 0.4) is 0 Å². The maximum Gasteiger partial charge on any atom is 0.250 e. The first-order chi connectivity index (χ1) is 10.7. The van der Waals surface area contributed by atoms with Crippen molar-refractivity contribution in [2.45, 2.75) is 19.4 Å². The molecule has 1 aromatic carbocycles. The largest absolute Gasteiger partial charge is 0.385 e. The minimum Gasteiger partial charge on any atom is -0.385 e. The highest BCUT2D eigenvalue weighted by molar-refractivity contribution is 5.92. The summed E-state index contributed by atoms with van der Waals surface area (Å²) in [5.74, 6) is 0.644.